The van der Waals surface area contributed by atoms with Gasteiger partial charge in [-0.05, 0) is 18.6 Å². The van der Waals surface area contributed by atoms with Crippen molar-refractivity contribution < 1.29 is 4.79 Å². The van der Waals surface area contributed by atoms with E-state index in [4.69, 9.17) is 5.73 Å². The highest BCUT2D eigenvalue weighted by atomic mass is 32.1. The largest absolute Gasteiger partial charge is 0.379 e. The lowest BCUT2D eigenvalue weighted by Crippen LogP contribution is -2.18. The van der Waals surface area contributed by atoms with E-state index in [1.807, 2.05) is 6.92 Å². The number of benzene rings is 1. The van der Waals surface area contributed by atoms with Crippen LogP contribution in [0.25, 0.3) is 4.96 Å². The van der Waals surface area contributed by atoms with E-state index in [1.54, 1.807) is 24.3 Å². The van der Waals surface area contributed by atoms with Gasteiger partial charge in [0.05, 0.1) is 17.8 Å². The highest BCUT2D eigenvalue weighted by molar-refractivity contribution is 7.16. The molecular formula is C15H15N5O2S. The SMILES string of the molecule is CCc1nn2c(=O)cc(CNc3ccccc3C(N)=O)nc2s1. The van der Waals surface area contributed by atoms with Crippen LogP contribution >= 0.6 is 11.3 Å². The minimum atomic E-state index is -0.508. The van der Waals surface area contributed by atoms with E-state index in [0.29, 0.717) is 28.5 Å². The van der Waals surface area contributed by atoms with Crippen molar-refractivity contribution in [1.29, 1.82) is 0 Å². The average Bonchev–Trinajstić information content (AvgIpc) is 2.97. The van der Waals surface area contributed by atoms with Gasteiger partial charge >= 0.3 is 0 Å². The Morgan fingerprint density at radius 1 is 1.39 bits per heavy atom. The van der Waals surface area contributed by atoms with Gasteiger partial charge in [-0.15, -0.1) is 0 Å². The molecule has 1 aromatic carbocycles. The molecule has 0 aliphatic rings. The molecule has 2 heterocycles. The second-order valence-electron chi connectivity index (χ2n) is 4.89. The number of hydrogen-bond acceptors (Lipinski definition) is 6. The predicted octanol–water partition coefficient (Wildman–Crippen LogP) is 1.42. The summed E-state index contributed by atoms with van der Waals surface area (Å²) >= 11 is 1.39. The van der Waals surface area contributed by atoms with Crippen molar-refractivity contribution in [3.8, 4) is 0 Å². The summed E-state index contributed by atoms with van der Waals surface area (Å²) in [6.07, 6.45) is 0.757. The topological polar surface area (TPSA) is 102 Å². The molecule has 0 atom stereocenters. The fraction of sp³-hybridized carbons (Fsp3) is 0.200. The molecule has 3 aromatic rings. The van der Waals surface area contributed by atoms with E-state index >= 15 is 0 Å². The molecule has 0 saturated heterocycles. The third kappa shape index (κ3) is 3.07. The molecule has 0 bridgehead atoms. The molecule has 0 aliphatic heterocycles. The minimum absolute atomic E-state index is 0.217. The number of carbonyl (C=O) groups excluding carboxylic acids is 1. The first kappa shape index (κ1) is 15.2. The molecule has 0 aliphatic carbocycles. The van der Waals surface area contributed by atoms with Gasteiger partial charge in [-0.1, -0.05) is 30.4 Å². The standard InChI is InChI=1S/C15H15N5O2S/c1-2-12-19-20-13(21)7-9(18-15(20)23-12)8-17-11-6-4-3-5-10(11)14(16)22/h3-7,17H,2,8H2,1H3,(H2,16,22). The lowest BCUT2D eigenvalue weighted by atomic mass is 10.1. The van der Waals surface area contributed by atoms with Crippen LogP contribution in [0.4, 0.5) is 5.69 Å². The van der Waals surface area contributed by atoms with Crippen LogP contribution in [0.3, 0.4) is 0 Å². The Morgan fingerprint density at radius 3 is 2.91 bits per heavy atom. The van der Waals surface area contributed by atoms with Crippen molar-refractivity contribution >= 4 is 27.9 Å². The van der Waals surface area contributed by atoms with Gasteiger partial charge in [-0.2, -0.15) is 9.61 Å². The summed E-state index contributed by atoms with van der Waals surface area (Å²) < 4.78 is 1.31. The van der Waals surface area contributed by atoms with Crippen LogP contribution < -0.4 is 16.6 Å². The summed E-state index contributed by atoms with van der Waals surface area (Å²) in [5.74, 6) is -0.508. The number of nitrogens with zero attached hydrogens (tertiary/aromatic N) is 3. The van der Waals surface area contributed by atoms with E-state index in [1.165, 1.54) is 21.9 Å². The van der Waals surface area contributed by atoms with Crippen LogP contribution in [-0.4, -0.2) is 20.5 Å². The third-order valence-corrected chi connectivity index (χ3v) is 4.35. The molecule has 0 fully saturated rings. The van der Waals surface area contributed by atoms with Gasteiger partial charge in [-0.25, -0.2) is 4.98 Å². The zero-order valence-corrected chi connectivity index (χ0v) is 13.3. The number of hydrogen-bond donors (Lipinski definition) is 2. The van der Waals surface area contributed by atoms with Gasteiger partial charge in [0.15, 0.2) is 0 Å². The fourth-order valence-electron chi connectivity index (χ4n) is 2.17. The quantitative estimate of drug-likeness (QED) is 0.737. The number of amides is 1. The maximum atomic E-state index is 12.1. The Hall–Kier alpha value is -2.74. The van der Waals surface area contributed by atoms with Crippen molar-refractivity contribution in [2.24, 2.45) is 5.73 Å². The lowest BCUT2D eigenvalue weighted by Gasteiger charge is -2.09. The first-order chi connectivity index (χ1) is 11.1. The normalized spacial score (nSPS) is 10.8. The Morgan fingerprint density at radius 2 is 2.17 bits per heavy atom. The summed E-state index contributed by atoms with van der Waals surface area (Å²) in [6.45, 7) is 2.29. The summed E-state index contributed by atoms with van der Waals surface area (Å²) in [6, 6.07) is 8.38. The minimum Gasteiger partial charge on any atom is -0.379 e. The van der Waals surface area contributed by atoms with Crippen molar-refractivity contribution in [3.63, 3.8) is 0 Å². The second kappa shape index (κ2) is 6.17. The Labute approximate surface area is 135 Å². The first-order valence-electron chi connectivity index (χ1n) is 7.10. The van der Waals surface area contributed by atoms with E-state index in [-0.39, 0.29) is 5.56 Å². The molecule has 7 nitrogen and oxygen atoms in total. The monoisotopic (exact) mass is 329 g/mol. The fourth-order valence-corrected chi connectivity index (χ4v) is 3.02. The van der Waals surface area contributed by atoms with Crippen molar-refractivity contribution in [2.45, 2.75) is 19.9 Å². The third-order valence-electron chi connectivity index (χ3n) is 3.29. The molecule has 0 radical (unpaired) electrons. The van der Waals surface area contributed by atoms with Gasteiger partial charge in [0.1, 0.15) is 5.01 Å². The molecule has 3 N–H and O–H groups in total. The van der Waals surface area contributed by atoms with Crippen LogP contribution in [-0.2, 0) is 13.0 Å². The van der Waals surface area contributed by atoms with Gasteiger partial charge in [0.25, 0.3) is 11.5 Å². The number of anilines is 1. The molecule has 1 amide bonds. The molecular weight excluding hydrogens is 314 g/mol. The summed E-state index contributed by atoms with van der Waals surface area (Å²) in [7, 11) is 0. The average molecular weight is 329 g/mol. The Bertz CT molecular complexity index is 931. The lowest BCUT2D eigenvalue weighted by molar-refractivity contribution is 0.100. The molecule has 2 aromatic heterocycles. The van der Waals surface area contributed by atoms with Gasteiger partial charge in [0, 0.05) is 11.8 Å². The number of carbonyl (C=O) groups is 1. The van der Waals surface area contributed by atoms with E-state index in [2.05, 4.69) is 15.4 Å². The summed E-state index contributed by atoms with van der Waals surface area (Å²) in [5, 5.41) is 8.16. The number of nitrogens with two attached hydrogens (primary N) is 1. The maximum Gasteiger partial charge on any atom is 0.275 e. The van der Waals surface area contributed by atoms with Crippen LogP contribution in [0.15, 0.2) is 35.1 Å². The molecule has 8 heteroatoms. The number of para-hydroxylation sites is 1. The predicted molar refractivity (Wildman–Crippen MR) is 88.8 cm³/mol. The van der Waals surface area contributed by atoms with Crippen molar-refractivity contribution in [1.82, 2.24) is 14.6 Å². The highest BCUT2D eigenvalue weighted by Gasteiger charge is 2.10. The molecule has 3 rings (SSSR count). The molecule has 0 saturated carbocycles. The number of fused-ring (bicyclic) bond motifs is 1. The van der Waals surface area contributed by atoms with Gasteiger partial charge in [0.2, 0.25) is 4.96 Å². The number of nitrogens with one attached hydrogen (secondary N) is 1. The van der Waals surface area contributed by atoms with Crippen molar-refractivity contribution in [2.75, 3.05) is 5.32 Å². The summed E-state index contributed by atoms with van der Waals surface area (Å²) in [5.41, 5.74) is 6.72. The highest BCUT2D eigenvalue weighted by Crippen LogP contribution is 2.16. The maximum absolute atomic E-state index is 12.1. The van der Waals surface area contributed by atoms with Crippen LogP contribution in [0, 0.1) is 0 Å². The van der Waals surface area contributed by atoms with Gasteiger partial charge in [-0.3, -0.25) is 9.59 Å². The number of rotatable bonds is 5. The van der Waals surface area contributed by atoms with E-state index in [0.717, 1.165) is 11.4 Å². The van der Waals surface area contributed by atoms with E-state index < -0.39 is 5.91 Å². The van der Waals surface area contributed by atoms with Crippen LogP contribution in [0.2, 0.25) is 0 Å². The van der Waals surface area contributed by atoms with Crippen LogP contribution in [0.1, 0.15) is 28.0 Å². The first-order valence-corrected chi connectivity index (χ1v) is 7.91. The number of aromatic nitrogens is 3. The van der Waals surface area contributed by atoms with E-state index in [9.17, 15) is 9.59 Å². The molecule has 118 valence electrons. The smallest absolute Gasteiger partial charge is 0.275 e. The Balaban J connectivity index is 1.88. The molecule has 0 spiro atoms. The zero-order chi connectivity index (χ0) is 16.4. The number of aryl methyl sites for hydroxylation is 1. The molecule has 0 unspecified atom stereocenters. The Kier molecular flexibility index (Phi) is 4.07. The van der Waals surface area contributed by atoms with Crippen LogP contribution in [0.5, 0.6) is 0 Å². The second-order valence-corrected chi connectivity index (χ2v) is 5.93. The van der Waals surface area contributed by atoms with Crippen molar-refractivity contribution in [3.05, 3.63) is 57.0 Å². The molecule has 23 heavy (non-hydrogen) atoms. The summed E-state index contributed by atoms with van der Waals surface area (Å²) in [4.78, 5) is 28.5. The zero-order valence-electron chi connectivity index (χ0n) is 12.4. The number of primary amides is 1. The van der Waals surface area contributed by atoms with Gasteiger partial charge < -0.3 is 11.1 Å².